The molecule has 1 amide bonds. The number of carbonyl (C=O) groups is 1. The minimum Gasteiger partial charge on any atom is -0.351 e. The molecule has 1 aromatic heterocycles. The van der Waals surface area contributed by atoms with Crippen LogP contribution in [-0.4, -0.2) is 38.1 Å². The molecular weight excluding hydrogens is 609 g/mol. The fourth-order valence-corrected chi connectivity index (χ4v) is 5.08. The highest BCUT2D eigenvalue weighted by Gasteiger charge is 2.33. The number of hydrogen-bond donors (Lipinski definition) is 2. The van der Waals surface area contributed by atoms with Crippen molar-refractivity contribution < 1.29 is 18.0 Å². The van der Waals surface area contributed by atoms with Crippen LogP contribution in [0.1, 0.15) is 41.3 Å². The Balaban J connectivity index is 1.48. The molecular formula is C32H30ClF3N6OS. The Morgan fingerprint density at radius 1 is 1.14 bits per heavy atom. The van der Waals surface area contributed by atoms with Crippen molar-refractivity contribution in [3.8, 4) is 6.07 Å². The first-order valence-corrected chi connectivity index (χ1v) is 14.6. The van der Waals surface area contributed by atoms with Crippen molar-refractivity contribution in [2.75, 3.05) is 11.9 Å². The van der Waals surface area contributed by atoms with E-state index in [4.69, 9.17) is 29.1 Å². The molecule has 0 bridgehead atoms. The SMILES string of the molecule is CC[C@@H](CN(Cc1ccccc1C(F)(F)F)C(=S)Nc1cccc(Cl)c1)NC(=O)Cc1cncn1Cc1ccc(C#N)cc1. The number of amides is 1. The molecule has 0 aliphatic heterocycles. The molecule has 2 N–H and O–H groups in total. The number of benzene rings is 3. The van der Waals surface area contributed by atoms with Gasteiger partial charge < -0.3 is 20.1 Å². The summed E-state index contributed by atoms with van der Waals surface area (Å²) in [6, 6.07) is 21.0. The van der Waals surface area contributed by atoms with Crippen molar-refractivity contribution in [2.45, 2.75) is 45.1 Å². The van der Waals surface area contributed by atoms with Gasteiger partial charge in [-0.25, -0.2) is 4.98 Å². The summed E-state index contributed by atoms with van der Waals surface area (Å²) >= 11 is 11.8. The highest BCUT2D eigenvalue weighted by Crippen LogP contribution is 2.32. The Morgan fingerprint density at radius 3 is 2.57 bits per heavy atom. The van der Waals surface area contributed by atoms with Gasteiger partial charge in [-0.1, -0.05) is 54.9 Å². The average molecular weight is 639 g/mol. The molecule has 44 heavy (non-hydrogen) atoms. The highest BCUT2D eigenvalue weighted by molar-refractivity contribution is 7.80. The zero-order valence-corrected chi connectivity index (χ0v) is 25.4. The van der Waals surface area contributed by atoms with Crippen LogP contribution >= 0.6 is 23.8 Å². The zero-order valence-electron chi connectivity index (χ0n) is 23.8. The van der Waals surface area contributed by atoms with Gasteiger partial charge in [-0.05, 0) is 66.2 Å². The summed E-state index contributed by atoms with van der Waals surface area (Å²) in [7, 11) is 0. The number of nitrogens with one attached hydrogen (secondary N) is 2. The highest BCUT2D eigenvalue weighted by atomic mass is 35.5. The Labute approximate surface area is 264 Å². The van der Waals surface area contributed by atoms with E-state index < -0.39 is 17.8 Å². The molecule has 12 heteroatoms. The summed E-state index contributed by atoms with van der Waals surface area (Å²) < 4.78 is 43.3. The number of nitrogens with zero attached hydrogens (tertiary/aromatic N) is 4. The lowest BCUT2D eigenvalue weighted by atomic mass is 10.1. The fraction of sp³-hybridized carbons (Fsp3) is 0.250. The first-order valence-electron chi connectivity index (χ1n) is 13.8. The lowest BCUT2D eigenvalue weighted by Gasteiger charge is -2.31. The number of anilines is 1. The van der Waals surface area contributed by atoms with Crippen LogP contribution in [0.15, 0.2) is 85.3 Å². The van der Waals surface area contributed by atoms with Gasteiger partial charge in [-0.15, -0.1) is 0 Å². The number of carbonyl (C=O) groups excluding carboxylic acids is 1. The molecule has 1 heterocycles. The van der Waals surface area contributed by atoms with Gasteiger partial charge >= 0.3 is 6.18 Å². The van der Waals surface area contributed by atoms with E-state index in [-0.39, 0.29) is 36.1 Å². The van der Waals surface area contributed by atoms with Gasteiger partial charge in [0.25, 0.3) is 0 Å². The minimum absolute atomic E-state index is 0.0505. The molecule has 0 fully saturated rings. The lowest BCUT2D eigenvalue weighted by Crippen LogP contribution is -2.47. The maximum absolute atomic E-state index is 13.8. The fourth-order valence-electron chi connectivity index (χ4n) is 4.63. The lowest BCUT2D eigenvalue weighted by molar-refractivity contribution is -0.138. The molecule has 228 valence electrons. The van der Waals surface area contributed by atoms with E-state index in [1.807, 2.05) is 23.6 Å². The van der Waals surface area contributed by atoms with E-state index in [0.29, 0.717) is 34.9 Å². The standard InChI is InChI=1S/C32H30ClF3N6OS/c1-2-26(39-30(43)15-28-17-38-21-42(28)18-23-12-10-22(16-37)11-13-23)20-41(31(44)40-27-8-5-7-25(33)14-27)19-24-6-3-4-9-29(24)32(34,35)36/h3-14,17,21,26H,2,15,18-20H2,1H3,(H,39,43)(H,40,44)/t26-/m0/s1. The summed E-state index contributed by atoms with van der Waals surface area (Å²) in [5.41, 5.74) is 2.10. The van der Waals surface area contributed by atoms with Gasteiger partial charge in [0.15, 0.2) is 5.11 Å². The first kappa shape index (κ1) is 32.5. The van der Waals surface area contributed by atoms with Gasteiger partial charge in [0.1, 0.15) is 0 Å². The van der Waals surface area contributed by atoms with Crippen LogP contribution in [0.2, 0.25) is 5.02 Å². The van der Waals surface area contributed by atoms with Crippen LogP contribution in [0.3, 0.4) is 0 Å². The van der Waals surface area contributed by atoms with E-state index in [1.54, 1.807) is 59.9 Å². The van der Waals surface area contributed by atoms with Crippen LogP contribution in [0.25, 0.3) is 0 Å². The number of alkyl halides is 3. The van der Waals surface area contributed by atoms with Crippen LogP contribution in [0.5, 0.6) is 0 Å². The third-order valence-electron chi connectivity index (χ3n) is 6.92. The maximum Gasteiger partial charge on any atom is 0.416 e. The second-order valence-corrected chi connectivity index (χ2v) is 11.0. The van der Waals surface area contributed by atoms with E-state index in [2.05, 4.69) is 21.7 Å². The minimum atomic E-state index is -4.54. The van der Waals surface area contributed by atoms with Crippen molar-refractivity contribution in [3.05, 3.63) is 118 Å². The van der Waals surface area contributed by atoms with Crippen LogP contribution in [-0.2, 0) is 30.5 Å². The smallest absolute Gasteiger partial charge is 0.351 e. The molecule has 4 rings (SSSR count). The summed E-state index contributed by atoms with van der Waals surface area (Å²) in [4.78, 5) is 19.0. The Morgan fingerprint density at radius 2 is 1.89 bits per heavy atom. The largest absolute Gasteiger partial charge is 0.416 e. The quantitative estimate of drug-likeness (QED) is 0.176. The summed E-state index contributed by atoms with van der Waals surface area (Å²) in [6.45, 7) is 2.38. The van der Waals surface area contributed by atoms with E-state index in [0.717, 1.165) is 11.6 Å². The number of hydrogen-bond acceptors (Lipinski definition) is 4. The van der Waals surface area contributed by atoms with Gasteiger partial charge in [-0.3, -0.25) is 4.79 Å². The molecule has 3 aromatic carbocycles. The molecule has 0 saturated heterocycles. The molecule has 0 spiro atoms. The summed E-state index contributed by atoms with van der Waals surface area (Å²) in [5, 5.41) is 15.8. The van der Waals surface area contributed by atoms with Crippen molar-refractivity contribution >= 4 is 40.5 Å². The van der Waals surface area contributed by atoms with Crippen LogP contribution < -0.4 is 10.6 Å². The number of nitriles is 1. The Kier molecular flexibility index (Phi) is 11.0. The van der Waals surface area contributed by atoms with Crippen LogP contribution in [0.4, 0.5) is 18.9 Å². The second kappa shape index (κ2) is 14.9. The average Bonchev–Trinajstić information content (AvgIpc) is 3.42. The molecule has 0 radical (unpaired) electrons. The second-order valence-electron chi connectivity index (χ2n) is 10.1. The van der Waals surface area contributed by atoms with Crippen molar-refractivity contribution in [3.63, 3.8) is 0 Å². The maximum atomic E-state index is 13.8. The van der Waals surface area contributed by atoms with E-state index >= 15 is 0 Å². The molecule has 0 aliphatic carbocycles. The molecule has 4 aromatic rings. The van der Waals surface area contributed by atoms with Gasteiger partial charge in [0.2, 0.25) is 5.91 Å². The third kappa shape index (κ3) is 9.05. The predicted octanol–water partition coefficient (Wildman–Crippen LogP) is 6.81. The molecule has 0 saturated carbocycles. The monoisotopic (exact) mass is 638 g/mol. The Hall–Kier alpha value is -4.40. The Bertz CT molecular complexity index is 1630. The van der Waals surface area contributed by atoms with Crippen molar-refractivity contribution in [2.24, 2.45) is 0 Å². The number of halogens is 4. The molecule has 0 aliphatic rings. The number of imidazole rings is 1. The molecule has 7 nitrogen and oxygen atoms in total. The summed E-state index contributed by atoms with van der Waals surface area (Å²) in [6.07, 6.45) is -0.724. The number of thiocarbonyl (C=S) groups is 1. The van der Waals surface area contributed by atoms with Gasteiger partial charge in [0, 0.05) is 48.3 Å². The number of rotatable bonds is 11. The third-order valence-corrected chi connectivity index (χ3v) is 7.52. The molecule has 1 atom stereocenters. The molecule has 0 unspecified atom stereocenters. The predicted molar refractivity (Wildman–Crippen MR) is 168 cm³/mol. The first-order chi connectivity index (χ1) is 21.0. The van der Waals surface area contributed by atoms with Crippen molar-refractivity contribution in [1.29, 1.82) is 5.26 Å². The van der Waals surface area contributed by atoms with Gasteiger partial charge in [-0.2, -0.15) is 18.4 Å². The van der Waals surface area contributed by atoms with Crippen LogP contribution in [0, 0.1) is 11.3 Å². The normalized spacial score (nSPS) is 11.8. The summed E-state index contributed by atoms with van der Waals surface area (Å²) in [5.74, 6) is -0.261. The van der Waals surface area contributed by atoms with E-state index in [9.17, 15) is 18.0 Å². The van der Waals surface area contributed by atoms with Crippen molar-refractivity contribution in [1.82, 2.24) is 19.8 Å². The zero-order chi connectivity index (χ0) is 31.7. The van der Waals surface area contributed by atoms with E-state index in [1.165, 1.54) is 12.1 Å². The topological polar surface area (TPSA) is 86.0 Å². The van der Waals surface area contributed by atoms with Gasteiger partial charge in [0.05, 0.1) is 29.9 Å². The number of aromatic nitrogens is 2.